The van der Waals surface area contributed by atoms with Crippen LogP contribution < -0.4 is 0 Å². The summed E-state index contributed by atoms with van der Waals surface area (Å²) in [5.74, 6) is 0. The van der Waals surface area contributed by atoms with E-state index < -0.39 is 0 Å². The van der Waals surface area contributed by atoms with Gasteiger partial charge in [-0.15, -0.1) is 0 Å². The van der Waals surface area contributed by atoms with Crippen molar-refractivity contribution in [2.75, 3.05) is 0 Å². The Morgan fingerprint density at radius 1 is 1.09 bits per heavy atom. The van der Waals surface area contributed by atoms with Crippen LogP contribution in [0.4, 0.5) is 0 Å². The molecule has 66 valence electrons. The maximum Gasteiger partial charge on any atom is 0.0328 e. The molecule has 0 aliphatic carbocycles. The average molecular weight is 170 g/mol. The maximum absolute atomic E-state index is 2.29. The Hall–Kier alpha value is -0.0431. The van der Waals surface area contributed by atoms with Gasteiger partial charge in [0.1, 0.15) is 0 Å². The van der Waals surface area contributed by atoms with Gasteiger partial charge >= 0.3 is 0 Å². The van der Waals surface area contributed by atoms with E-state index in [0.29, 0.717) is 0 Å². The van der Waals surface area contributed by atoms with Crippen LogP contribution >= 0.6 is 0 Å². The molecule has 0 radical (unpaired) electrons. The number of allylic oxidation sites excluding steroid dienone is 2. The number of hydrogen-bond acceptors (Lipinski definition) is 0. The predicted octanol–water partition coefficient (Wildman–Crippen LogP) is 2.62. The Bertz CT molecular complexity index is 121. The van der Waals surface area contributed by atoms with E-state index >= 15 is 0 Å². The lowest BCUT2D eigenvalue weighted by atomic mass is 10.1. The van der Waals surface area contributed by atoms with Crippen LogP contribution in [0.25, 0.3) is 0 Å². The largest absolute Gasteiger partial charge is 0.0959 e. The third-order valence-corrected chi connectivity index (χ3v) is 3.11. The summed E-state index contributed by atoms with van der Waals surface area (Å²) in [6, 6.07) is 0. The lowest BCUT2D eigenvalue weighted by Crippen LogP contribution is -1.84. The standard InChI is InChI=1S/C10H22Si/c1-4-5-6-7-8-9(2)10(3)11/h4-8H2,1-3,11H3. The summed E-state index contributed by atoms with van der Waals surface area (Å²) in [6.45, 7) is 6.82. The van der Waals surface area contributed by atoms with E-state index in [1.54, 1.807) is 10.8 Å². The Kier molecular flexibility index (Phi) is 6.63. The number of unbranched alkanes of at least 4 members (excludes halogenated alkanes) is 3. The summed E-state index contributed by atoms with van der Waals surface area (Å²) in [4.78, 5) is 0. The second-order valence-corrected chi connectivity index (χ2v) is 5.09. The first-order valence-corrected chi connectivity index (χ1v) is 5.81. The Morgan fingerprint density at radius 2 is 1.73 bits per heavy atom. The maximum atomic E-state index is 2.29. The van der Waals surface area contributed by atoms with Crippen LogP contribution in [-0.2, 0) is 0 Å². The average Bonchev–Trinajstić information content (AvgIpc) is 1.97. The molecule has 1 heteroatoms. The molecular weight excluding hydrogens is 148 g/mol. The van der Waals surface area contributed by atoms with Gasteiger partial charge in [0.05, 0.1) is 0 Å². The molecule has 0 spiro atoms. The van der Waals surface area contributed by atoms with E-state index in [1.807, 2.05) is 0 Å². The topological polar surface area (TPSA) is 0 Å². The molecule has 0 saturated carbocycles. The molecule has 0 aromatic carbocycles. The van der Waals surface area contributed by atoms with Crippen LogP contribution in [0.2, 0.25) is 0 Å². The van der Waals surface area contributed by atoms with Crippen molar-refractivity contribution < 1.29 is 0 Å². The van der Waals surface area contributed by atoms with E-state index in [-0.39, 0.29) is 0 Å². The van der Waals surface area contributed by atoms with Gasteiger partial charge < -0.3 is 0 Å². The quantitative estimate of drug-likeness (QED) is 0.439. The molecule has 11 heavy (non-hydrogen) atoms. The highest BCUT2D eigenvalue weighted by Crippen LogP contribution is 2.11. The Balaban J connectivity index is 3.32. The smallest absolute Gasteiger partial charge is 0.0328 e. The van der Waals surface area contributed by atoms with Gasteiger partial charge in [-0.2, -0.15) is 0 Å². The van der Waals surface area contributed by atoms with Gasteiger partial charge in [-0.25, -0.2) is 0 Å². The highest BCUT2D eigenvalue weighted by atomic mass is 28.1. The molecule has 0 nitrogen and oxygen atoms in total. The lowest BCUT2D eigenvalue weighted by Gasteiger charge is -2.02. The van der Waals surface area contributed by atoms with Gasteiger partial charge in [-0.1, -0.05) is 37.0 Å². The SMILES string of the molecule is CCCCCCC(C)=C(C)[SiH3]. The monoisotopic (exact) mass is 170 g/mol. The molecule has 0 fully saturated rings. The van der Waals surface area contributed by atoms with Crippen LogP contribution in [0.15, 0.2) is 10.8 Å². The van der Waals surface area contributed by atoms with Gasteiger partial charge in [0.15, 0.2) is 0 Å². The zero-order valence-corrected chi connectivity index (χ0v) is 10.5. The summed E-state index contributed by atoms with van der Waals surface area (Å²) < 4.78 is 0. The minimum Gasteiger partial charge on any atom is -0.0959 e. The van der Waals surface area contributed by atoms with Gasteiger partial charge in [0, 0.05) is 10.2 Å². The molecule has 0 aromatic heterocycles. The summed E-state index contributed by atoms with van der Waals surface area (Å²) in [5.41, 5.74) is 1.65. The van der Waals surface area contributed by atoms with E-state index in [0.717, 1.165) is 0 Å². The molecule has 0 heterocycles. The van der Waals surface area contributed by atoms with E-state index in [2.05, 4.69) is 20.8 Å². The fourth-order valence-electron chi connectivity index (χ4n) is 1.07. The second kappa shape index (κ2) is 6.65. The minimum absolute atomic E-state index is 1.25. The van der Waals surface area contributed by atoms with Crippen molar-refractivity contribution in [3.8, 4) is 0 Å². The van der Waals surface area contributed by atoms with Crippen molar-refractivity contribution >= 4 is 10.2 Å². The molecule has 0 saturated heterocycles. The normalized spacial score (nSPS) is 13.4. The molecule has 0 aliphatic rings. The highest BCUT2D eigenvalue weighted by Gasteiger charge is 1.92. The number of rotatable bonds is 5. The minimum atomic E-state index is 1.25. The van der Waals surface area contributed by atoms with Crippen molar-refractivity contribution in [3.05, 3.63) is 10.8 Å². The van der Waals surface area contributed by atoms with Crippen LogP contribution in [0.1, 0.15) is 52.9 Å². The van der Waals surface area contributed by atoms with E-state index in [1.165, 1.54) is 42.3 Å². The van der Waals surface area contributed by atoms with Gasteiger partial charge in [0.2, 0.25) is 0 Å². The molecule has 0 N–H and O–H groups in total. The van der Waals surface area contributed by atoms with E-state index in [9.17, 15) is 0 Å². The molecule has 0 unspecified atom stereocenters. The van der Waals surface area contributed by atoms with E-state index in [4.69, 9.17) is 0 Å². The molecule has 0 amide bonds. The first-order valence-electron chi connectivity index (χ1n) is 4.81. The molecular formula is C10H22Si. The number of hydrogen-bond donors (Lipinski definition) is 0. The van der Waals surface area contributed by atoms with Gasteiger partial charge in [0.25, 0.3) is 0 Å². The van der Waals surface area contributed by atoms with Crippen molar-refractivity contribution in [2.24, 2.45) is 0 Å². The third-order valence-electron chi connectivity index (χ3n) is 2.26. The summed E-state index contributed by atoms with van der Waals surface area (Å²) >= 11 is 0. The van der Waals surface area contributed by atoms with Crippen LogP contribution in [0, 0.1) is 0 Å². The predicted molar refractivity (Wildman–Crippen MR) is 57.1 cm³/mol. The van der Waals surface area contributed by atoms with Crippen molar-refractivity contribution in [1.82, 2.24) is 0 Å². The second-order valence-electron chi connectivity index (χ2n) is 3.59. The van der Waals surface area contributed by atoms with Crippen LogP contribution in [-0.4, -0.2) is 10.2 Å². The fraction of sp³-hybridized carbons (Fsp3) is 0.800. The Labute approximate surface area is 74.5 Å². The fourth-order valence-corrected chi connectivity index (χ4v) is 1.32. The van der Waals surface area contributed by atoms with Crippen molar-refractivity contribution in [3.63, 3.8) is 0 Å². The Morgan fingerprint density at radius 3 is 2.18 bits per heavy atom. The molecule has 0 aromatic rings. The van der Waals surface area contributed by atoms with Crippen molar-refractivity contribution in [2.45, 2.75) is 52.9 Å². The first-order chi connectivity index (χ1) is 5.18. The summed E-state index contributed by atoms with van der Waals surface area (Å²) in [7, 11) is 1.25. The van der Waals surface area contributed by atoms with Gasteiger partial charge in [-0.05, 0) is 26.7 Å². The first kappa shape index (κ1) is 11.0. The lowest BCUT2D eigenvalue weighted by molar-refractivity contribution is 0.663. The highest BCUT2D eigenvalue weighted by molar-refractivity contribution is 6.21. The summed E-state index contributed by atoms with van der Waals surface area (Å²) in [6.07, 6.45) is 6.92. The molecule has 0 aliphatic heterocycles. The zero-order valence-electron chi connectivity index (χ0n) is 8.54. The molecule has 0 bridgehead atoms. The van der Waals surface area contributed by atoms with Crippen LogP contribution in [0.3, 0.4) is 0 Å². The van der Waals surface area contributed by atoms with Gasteiger partial charge in [-0.3, -0.25) is 0 Å². The third kappa shape index (κ3) is 6.36. The molecule has 0 atom stereocenters. The van der Waals surface area contributed by atoms with Crippen LogP contribution in [0.5, 0.6) is 0 Å². The zero-order chi connectivity index (χ0) is 8.69. The van der Waals surface area contributed by atoms with Crippen molar-refractivity contribution in [1.29, 1.82) is 0 Å². The molecule has 0 rings (SSSR count). The summed E-state index contributed by atoms with van der Waals surface area (Å²) in [5, 5.41) is 1.64.